The molecule has 1 aromatic carbocycles. The molecule has 19 nitrogen and oxygen atoms in total. The Morgan fingerprint density at radius 1 is 0.956 bits per heavy atom. The Bertz CT molecular complexity index is 2790. The zero-order valence-electron chi connectivity index (χ0n) is 38.2. The molecule has 0 aliphatic carbocycles. The van der Waals surface area contributed by atoms with Crippen molar-refractivity contribution < 1.29 is 43.1 Å². The maximum Gasteiger partial charge on any atom is 0.296 e. The molecule has 1 amide bonds. The van der Waals surface area contributed by atoms with Gasteiger partial charge in [0.15, 0.2) is 17.6 Å². The summed E-state index contributed by atoms with van der Waals surface area (Å²) >= 11 is 14.6. The molecule has 68 heavy (non-hydrogen) atoms. The number of rotatable bonds is 20. The molecule has 6 aromatic rings. The van der Waals surface area contributed by atoms with Gasteiger partial charge in [0, 0.05) is 41.2 Å². The number of imidazole rings is 1. The van der Waals surface area contributed by atoms with Gasteiger partial charge < -0.3 is 53.5 Å². The van der Waals surface area contributed by atoms with E-state index in [1.54, 1.807) is 24.5 Å². The Labute approximate surface area is 406 Å². The van der Waals surface area contributed by atoms with E-state index in [1.807, 2.05) is 59.8 Å². The highest BCUT2D eigenvalue weighted by atomic mass is 35.5. The van der Waals surface area contributed by atoms with Crippen molar-refractivity contribution in [2.45, 2.75) is 57.6 Å². The van der Waals surface area contributed by atoms with E-state index in [2.05, 4.69) is 39.3 Å². The van der Waals surface area contributed by atoms with E-state index in [1.165, 1.54) is 4.88 Å². The van der Waals surface area contributed by atoms with Crippen LogP contribution in [0.4, 0.5) is 5.82 Å². The van der Waals surface area contributed by atoms with Crippen LogP contribution in [0.3, 0.4) is 0 Å². The van der Waals surface area contributed by atoms with Crippen LogP contribution in [0.2, 0.25) is 10.0 Å². The predicted molar refractivity (Wildman–Crippen MR) is 255 cm³/mol. The highest BCUT2D eigenvalue weighted by Gasteiger charge is 2.48. The average Bonchev–Trinajstić information content (AvgIpc) is 4.15. The SMILES string of the molecule is COc1nc(N(C)CCOCCOCCOCCNC(=O)C[C@@H]2N=C(c3ccc(Cl)cc3)c3c(sc(C)c3C)-n3c(C)nnc32)ccc1-c1nc2nc(O[C@@H]3CO[C@H]4[C@@H]3OC[C@H]4O)[nH]c2cc1Cl. The van der Waals surface area contributed by atoms with Crippen LogP contribution < -0.4 is 19.7 Å². The number of halogens is 2. The van der Waals surface area contributed by atoms with E-state index in [4.69, 9.17) is 71.3 Å². The number of pyridine rings is 2. The number of ether oxygens (including phenoxy) is 7. The monoisotopic (exact) mass is 990 g/mol. The second kappa shape index (κ2) is 21.1. The van der Waals surface area contributed by atoms with Crippen molar-refractivity contribution in [2.24, 2.45) is 4.99 Å². The number of aryl methyl sites for hydroxylation is 2. The third-order valence-corrected chi connectivity index (χ3v) is 13.7. The Balaban J connectivity index is 0.679. The number of nitrogens with one attached hydrogen (secondary N) is 2. The lowest BCUT2D eigenvalue weighted by molar-refractivity contribution is -0.121. The number of aliphatic hydroxyl groups excluding tert-OH is 1. The molecule has 3 aliphatic heterocycles. The lowest BCUT2D eigenvalue weighted by Gasteiger charge is -2.19. The number of aliphatic imine (C=N–C) groups is 1. The second-order valence-electron chi connectivity index (χ2n) is 16.5. The topological polar surface area (TPSA) is 215 Å². The summed E-state index contributed by atoms with van der Waals surface area (Å²) in [6, 6.07) is 12.7. The molecule has 0 saturated carbocycles. The number of amides is 1. The van der Waals surface area contributed by atoms with Gasteiger partial charge in [0.1, 0.15) is 41.0 Å². The molecule has 5 aromatic heterocycles. The lowest BCUT2D eigenvalue weighted by Crippen LogP contribution is -2.34. The van der Waals surface area contributed by atoms with Gasteiger partial charge in [-0.25, -0.2) is 4.98 Å². The maximum atomic E-state index is 13.3. The minimum absolute atomic E-state index is 0.0945. The number of hydrogen-bond acceptors (Lipinski definition) is 17. The summed E-state index contributed by atoms with van der Waals surface area (Å²) in [5, 5.41) is 23.9. The Kier molecular flexibility index (Phi) is 14.9. The molecule has 3 aliphatic rings. The van der Waals surface area contributed by atoms with Gasteiger partial charge in [-0.05, 0) is 56.7 Å². The van der Waals surface area contributed by atoms with Crippen molar-refractivity contribution in [2.75, 3.05) is 85.0 Å². The largest absolute Gasteiger partial charge is 0.480 e. The van der Waals surface area contributed by atoms with Crippen molar-refractivity contribution in [3.8, 4) is 28.1 Å². The van der Waals surface area contributed by atoms with Crippen LogP contribution in [0.5, 0.6) is 11.9 Å². The molecule has 0 spiro atoms. The van der Waals surface area contributed by atoms with E-state index in [0.29, 0.717) is 103 Å². The van der Waals surface area contributed by atoms with Gasteiger partial charge in [-0.15, -0.1) is 21.5 Å². The van der Waals surface area contributed by atoms with Crippen molar-refractivity contribution in [1.82, 2.24) is 40.0 Å². The summed E-state index contributed by atoms with van der Waals surface area (Å²) in [4.78, 5) is 38.6. The van der Waals surface area contributed by atoms with Crippen LogP contribution in [0.1, 0.15) is 45.7 Å². The molecule has 0 unspecified atom stereocenters. The summed E-state index contributed by atoms with van der Waals surface area (Å²) in [7, 11) is 3.45. The number of likely N-dealkylation sites (N-methyl/N-ethyl adjacent to an activating group) is 1. The Morgan fingerprint density at radius 3 is 2.49 bits per heavy atom. The number of hydrogen-bond donors (Lipinski definition) is 3. The summed E-state index contributed by atoms with van der Waals surface area (Å²) < 4.78 is 42.3. The van der Waals surface area contributed by atoms with Crippen molar-refractivity contribution in [3.05, 3.63) is 85.7 Å². The third-order valence-electron chi connectivity index (χ3n) is 12.0. The number of H-pyrrole nitrogens is 1. The maximum absolute atomic E-state index is 13.3. The number of carbonyl (C=O) groups is 1. The molecule has 5 atom stereocenters. The Morgan fingerprint density at radius 2 is 1.71 bits per heavy atom. The van der Waals surface area contributed by atoms with Gasteiger partial charge >= 0.3 is 0 Å². The van der Waals surface area contributed by atoms with Gasteiger partial charge in [0.2, 0.25) is 11.8 Å². The average molecular weight is 992 g/mol. The molecule has 0 radical (unpaired) electrons. The third kappa shape index (κ3) is 10.2. The molecule has 0 bridgehead atoms. The number of nitrogens with zero attached hydrogens (tertiary/aromatic N) is 8. The van der Waals surface area contributed by atoms with Crippen molar-refractivity contribution in [3.63, 3.8) is 0 Å². The van der Waals surface area contributed by atoms with Gasteiger partial charge in [0.05, 0.1) is 93.9 Å². The van der Waals surface area contributed by atoms with E-state index in [9.17, 15) is 9.90 Å². The van der Waals surface area contributed by atoms with E-state index >= 15 is 0 Å². The number of carbonyl (C=O) groups excluding carboxylic acids is 1. The van der Waals surface area contributed by atoms with Gasteiger partial charge in [0.25, 0.3) is 6.01 Å². The normalized spacial score (nSPS) is 19.6. The van der Waals surface area contributed by atoms with Gasteiger partial charge in [-0.3, -0.25) is 14.4 Å². The van der Waals surface area contributed by atoms with Crippen molar-refractivity contribution in [1.29, 1.82) is 0 Å². The van der Waals surface area contributed by atoms with Gasteiger partial charge in [-0.1, -0.05) is 35.3 Å². The standard InChI is InChI=1S/C46H52Cl2N10O9S/c1-24-25(2)68-45-37(24)38(27-6-8-28(47)9-7-27)50-32(43-56-55-26(3)58(43)45)21-36(60)49-12-14-62-16-18-64-19-17-63-15-13-57(4)35-11-10-29(44(52-35)61-5)39-30(48)20-31-42(53-39)54-46(51-31)67-34-23-66-40-33(59)22-65-41(34)40/h6-11,20,32-34,40-41,59H,12-19,21-23H2,1-5H3,(H,49,60)(H,51,53,54)/t32-,33+,34+,40+,41+/m0/s1. The molecule has 360 valence electrons. The first-order chi connectivity index (χ1) is 33.0. The number of benzene rings is 1. The number of anilines is 1. The molecule has 2 fully saturated rings. The number of methoxy groups -OCH3 is 1. The summed E-state index contributed by atoms with van der Waals surface area (Å²) in [5.41, 5.74) is 5.90. The molecule has 8 heterocycles. The molecular formula is C46H52Cl2N10O9S. The zero-order chi connectivity index (χ0) is 47.5. The van der Waals surface area contributed by atoms with Crippen molar-refractivity contribution >= 4 is 63.1 Å². The summed E-state index contributed by atoms with van der Waals surface area (Å²) in [6.07, 6.45) is -1.81. The number of fused-ring (bicyclic) bond motifs is 5. The molecule has 2 saturated heterocycles. The van der Waals surface area contributed by atoms with E-state index in [0.717, 1.165) is 33.2 Å². The van der Waals surface area contributed by atoms with E-state index < -0.39 is 24.4 Å². The van der Waals surface area contributed by atoms with Crippen LogP contribution in [-0.4, -0.2) is 156 Å². The second-order valence-corrected chi connectivity index (χ2v) is 18.5. The minimum Gasteiger partial charge on any atom is -0.480 e. The highest BCUT2D eigenvalue weighted by Crippen LogP contribution is 2.40. The first-order valence-electron chi connectivity index (χ1n) is 22.2. The molecular weight excluding hydrogens is 940 g/mol. The molecule has 3 N–H and O–H groups in total. The minimum atomic E-state index is -0.679. The first-order valence-corrected chi connectivity index (χ1v) is 23.8. The van der Waals surface area contributed by atoms with E-state index in [-0.39, 0.29) is 37.7 Å². The summed E-state index contributed by atoms with van der Waals surface area (Å²) in [5.74, 6) is 2.21. The molecule has 9 rings (SSSR count). The fourth-order valence-corrected chi connectivity index (χ4v) is 9.90. The number of thiophene rings is 1. The van der Waals surface area contributed by atoms with Crippen LogP contribution in [-0.2, 0) is 28.5 Å². The Hall–Kier alpha value is -5.29. The van der Waals surface area contributed by atoms with Crippen LogP contribution in [0, 0.1) is 20.8 Å². The fourth-order valence-electron chi connectivity index (χ4n) is 8.31. The fraction of sp³-hybridized carbons (Fsp3) is 0.457. The number of aliphatic hydroxyl groups is 1. The van der Waals surface area contributed by atoms with Gasteiger partial charge in [-0.2, -0.15) is 9.97 Å². The first kappa shape index (κ1) is 47.8. The van der Waals surface area contributed by atoms with Crippen LogP contribution in [0.25, 0.3) is 27.4 Å². The zero-order valence-corrected chi connectivity index (χ0v) is 40.5. The lowest BCUT2D eigenvalue weighted by atomic mass is 9.99. The number of aromatic amines is 1. The highest BCUT2D eigenvalue weighted by molar-refractivity contribution is 7.15. The summed E-state index contributed by atoms with van der Waals surface area (Å²) in [6.45, 7) is 9.80. The number of aromatic nitrogens is 7. The van der Waals surface area contributed by atoms with Crippen LogP contribution in [0.15, 0.2) is 47.5 Å². The quantitative estimate of drug-likeness (QED) is 0.0818. The smallest absolute Gasteiger partial charge is 0.296 e. The van der Waals surface area contributed by atoms with Crippen LogP contribution >= 0.6 is 34.5 Å². The molecule has 22 heteroatoms. The predicted octanol–water partition coefficient (Wildman–Crippen LogP) is 5.39.